The van der Waals surface area contributed by atoms with Gasteiger partial charge < -0.3 is 9.64 Å². The zero-order valence-electron chi connectivity index (χ0n) is 13.1. The van der Waals surface area contributed by atoms with Crippen molar-refractivity contribution in [2.75, 3.05) is 24.6 Å². The lowest BCUT2D eigenvalue weighted by Gasteiger charge is -2.32. The van der Waals surface area contributed by atoms with Gasteiger partial charge in [0.15, 0.2) is 16.7 Å². The number of ether oxygens (including phenoxy) is 1. The van der Waals surface area contributed by atoms with E-state index in [2.05, 4.69) is 15.0 Å². The molecule has 1 aliphatic rings. The van der Waals surface area contributed by atoms with Crippen molar-refractivity contribution in [2.24, 2.45) is 5.92 Å². The molecular weight excluding hydrogens is 338 g/mol. The number of hydrogen-bond donors (Lipinski definition) is 0. The van der Waals surface area contributed by atoms with E-state index >= 15 is 0 Å². The molecule has 0 N–H and O–H groups in total. The van der Waals surface area contributed by atoms with Crippen LogP contribution in [0.3, 0.4) is 0 Å². The van der Waals surface area contributed by atoms with Crippen LogP contribution < -0.4 is 9.64 Å². The third kappa shape index (κ3) is 4.35. The van der Waals surface area contributed by atoms with Crippen molar-refractivity contribution in [3.8, 4) is 5.75 Å². The molecule has 2 aromatic heterocycles. The average molecular weight is 357 g/mol. The number of rotatable bonds is 6. The number of alkyl halides is 2. The lowest BCUT2D eigenvalue weighted by molar-refractivity contribution is 0.122. The van der Waals surface area contributed by atoms with E-state index in [1.807, 2.05) is 0 Å². The van der Waals surface area contributed by atoms with Crippen molar-refractivity contribution in [3.63, 3.8) is 0 Å². The van der Waals surface area contributed by atoms with Crippen LogP contribution >= 0.6 is 11.6 Å². The summed E-state index contributed by atoms with van der Waals surface area (Å²) in [6.07, 6.45) is 2.87. The number of piperidine rings is 1. The first-order chi connectivity index (χ1) is 11.6. The molecule has 1 unspecified atom stereocenters. The summed E-state index contributed by atoms with van der Waals surface area (Å²) in [5.74, 6) is 1.65. The molecule has 0 saturated carbocycles. The van der Waals surface area contributed by atoms with Crippen molar-refractivity contribution in [2.45, 2.75) is 25.8 Å². The molecule has 0 radical (unpaired) electrons. The van der Waals surface area contributed by atoms with Gasteiger partial charge in [0.2, 0.25) is 0 Å². The largest absolute Gasteiger partial charge is 0.490 e. The fourth-order valence-corrected chi connectivity index (χ4v) is 3.03. The lowest BCUT2D eigenvalue weighted by Crippen LogP contribution is -2.38. The molecule has 130 valence electrons. The molecule has 8 heteroatoms. The van der Waals surface area contributed by atoms with Crippen LogP contribution in [0.5, 0.6) is 5.75 Å². The number of hydrogen-bond acceptors (Lipinski definition) is 4. The maximum Gasteiger partial charge on any atom is 0.257 e. The Morgan fingerprint density at radius 1 is 1.38 bits per heavy atom. The van der Waals surface area contributed by atoms with Gasteiger partial charge in [0, 0.05) is 37.5 Å². The van der Waals surface area contributed by atoms with Gasteiger partial charge in [0.05, 0.1) is 6.61 Å². The summed E-state index contributed by atoms with van der Waals surface area (Å²) in [6.45, 7) is 1.82. The van der Waals surface area contributed by atoms with E-state index < -0.39 is 6.43 Å². The number of aromatic nitrogens is 3. The highest BCUT2D eigenvalue weighted by Crippen LogP contribution is 2.25. The fraction of sp³-hybridized carbons (Fsp3) is 0.500. The first kappa shape index (κ1) is 17.0. The van der Waals surface area contributed by atoms with Gasteiger partial charge in [0.25, 0.3) is 6.43 Å². The Labute approximate surface area is 144 Å². The number of pyridine rings is 1. The van der Waals surface area contributed by atoms with Gasteiger partial charge in [-0.15, -0.1) is 0 Å². The van der Waals surface area contributed by atoms with E-state index in [1.165, 1.54) is 4.68 Å². The number of nitrogens with zero attached hydrogens (tertiary/aromatic N) is 4. The number of halogens is 3. The minimum atomic E-state index is -2.40. The summed E-state index contributed by atoms with van der Waals surface area (Å²) in [4.78, 5) is 6.10. The molecule has 3 heterocycles. The van der Waals surface area contributed by atoms with E-state index in [0.717, 1.165) is 31.7 Å². The topological polar surface area (TPSA) is 43.2 Å². The third-order valence-corrected chi connectivity index (χ3v) is 4.28. The Kier molecular flexibility index (Phi) is 5.50. The van der Waals surface area contributed by atoms with Crippen molar-refractivity contribution in [1.82, 2.24) is 14.8 Å². The summed E-state index contributed by atoms with van der Waals surface area (Å²) < 4.78 is 31.9. The van der Waals surface area contributed by atoms with Crippen molar-refractivity contribution < 1.29 is 13.5 Å². The Hall–Kier alpha value is -1.89. The molecule has 1 aliphatic heterocycles. The van der Waals surface area contributed by atoms with Gasteiger partial charge in [-0.2, -0.15) is 5.10 Å². The Morgan fingerprint density at radius 3 is 3.04 bits per heavy atom. The highest BCUT2D eigenvalue weighted by atomic mass is 35.5. The van der Waals surface area contributed by atoms with Crippen LogP contribution in [0.1, 0.15) is 12.8 Å². The Bertz CT molecular complexity index is 667. The molecule has 24 heavy (non-hydrogen) atoms. The highest BCUT2D eigenvalue weighted by Gasteiger charge is 2.22. The van der Waals surface area contributed by atoms with E-state index in [9.17, 15) is 8.78 Å². The van der Waals surface area contributed by atoms with Gasteiger partial charge in [-0.1, -0.05) is 11.6 Å². The van der Waals surface area contributed by atoms with Crippen molar-refractivity contribution in [3.05, 3.63) is 35.7 Å². The summed E-state index contributed by atoms with van der Waals surface area (Å²) in [7, 11) is 0. The standard InChI is InChI=1S/C16H19ClF2N4O/c17-16-13(4-1-6-20-16)24-11-12-3-2-7-22(9-12)15-5-8-23(21-15)10-14(18)19/h1,4-6,8,12,14H,2-3,7,9-11H2. The second-order valence-electron chi connectivity index (χ2n) is 5.84. The van der Waals surface area contributed by atoms with Crippen LogP contribution in [-0.4, -0.2) is 40.9 Å². The second kappa shape index (κ2) is 7.79. The molecule has 2 aromatic rings. The molecule has 5 nitrogen and oxygen atoms in total. The number of anilines is 1. The summed E-state index contributed by atoms with van der Waals surface area (Å²) >= 11 is 5.99. The van der Waals surface area contributed by atoms with Gasteiger partial charge in [0.1, 0.15) is 6.54 Å². The second-order valence-corrected chi connectivity index (χ2v) is 6.20. The van der Waals surface area contributed by atoms with E-state index in [4.69, 9.17) is 16.3 Å². The molecule has 1 atom stereocenters. The molecule has 1 fully saturated rings. The van der Waals surface area contributed by atoms with E-state index in [-0.39, 0.29) is 6.54 Å². The maximum atomic E-state index is 12.4. The predicted octanol–water partition coefficient (Wildman–Crippen LogP) is 3.49. The molecule has 3 rings (SSSR count). The molecule has 0 spiro atoms. The monoisotopic (exact) mass is 356 g/mol. The van der Waals surface area contributed by atoms with Gasteiger partial charge in [-0.05, 0) is 25.0 Å². The minimum Gasteiger partial charge on any atom is -0.490 e. The van der Waals surface area contributed by atoms with Crippen LogP contribution in [-0.2, 0) is 6.54 Å². The molecule has 0 bridgehead atoms. The molecule has 1 saturated heterocycles. The summed E-state index contributed by atoms with van der Waals surface area (Å²) in [5.41, 5.74) is 0. The summed E-state index contributed by atoms with van der Waals surface area (Å²) in [5, 5.41) is 4.59. The Morgan fingerprint density at radius 2 is 2.25 bits per heavy atom. The first-order valence-electron chi connectivity index (χ1n) is 7.91. The molecule has 0 aliphatic carbocycles. The van der Waals surface area contributed by atoms with Crippen LogP contribution in [0.25, 0.3) is 0 Å². The zero-order chi connectivity index (χ0) is 16.9. The van der Waals surface area contributed by atoms with Gasteiger partial charge >= 0.3 is 0 Å². The zero-order valence-corrected chi connectivity index (χ0v) is 13.9. The maximum absolute atomic E-state index is 12.4. The first-order valence-corrected chi connectivity index (χ1v) is 8.29. The minimum absolute atomic E-state index is 0.329. The molecule has 0 aromatic carbocycles. The van der Waals surface area contributed by atoms with Crippen LogP contribution in [0.15, 0.2) is 30.6 Å². The Balaban J connectivity index is 1.56. The SMILES string of the molecule is FC(F)Cn1ccc(N2CCCC(COc3cccnc3Cl)C2)n1. The van der Waals surface area contributed by atoms with Crippen molar-refractivity contribution in [1.29, 1.82) is 0 Å². The molecule has 0 amide bonds. The lowest BCUT2D eigenvalue weighted by atomic mass is 9.99. The van der Waals surface area contributed by atoms with Crippen LogP contribution in [0.2, 0.25) is 5.15 Å². The predicted molar refractivity (Wildman–Crippen MR) is 87.9 cm³/mol. The smallest absolute Gasteiger partial charge is 0.257 e. The van der Waals surface area contributed by atoms with Gasteiger partial charge in [-0.3, -0.25) is 4.68 Å². The van der Waals surface area contributed by atoms with E-state index in [1.54, 1.807) is 30.6 Å². The third-order valence-electron chi connectivity index (χ3n) is 3.99. The quantitative estimate of drug-likeness (QED) is 0.743. The van der Waals surface area contributed by atoms with Crippen LogP contribution in [0.4, 0.5) is 14.6 Å². The van der Waals surface area contributed by atoms with Crippen molar-refractivity contribution >= 4 is 17.4 Å². The average Bonchev–Trinajstić information content (AvgIpc) is 3.02. The molecular formula is C16H19ClF2N4O. The fourth-order valence-electron chi connectivity index (χ4n) is 2.86. The summed E-state index contributed by atoms with van der Waals surface area (Å²) in [6, 6.07) is 5.36. The highest BCUT2D eigenvalue weighted by molar-refractivity contribution is 6.30. The van der Waals surface area contributed by atoms with E-state index in [0.29, 0.717) is 23.4 Å². The van der Waals surface area contributed by atoms with Crippen LogP contribution in [0, 0.1) is 5.92 Å². The van der Waals surface area contributed by atoms with Gasteiger partial charge in [-0.25, -0.2) is 13.8 Å². The normalized spacial score (nSPS) is 18.2.